The van der Waals surface area contributed by atoms with Crippen LogP contribution in [0.3, 0.4) is 0 Å². The summed E-state index contributed by atoms with van der Waals surface area (Å²) in [5.74, 6) is -0.241. The number of H-pyrrole nitrogens is 1. The largest absolute Gasteiger partial charge is 0.290 e. The Balaban J connectivity index is 0.000000145. The Bertz CT molecular complexity index is 283. The molecule has 1 aliphatic carbocycles. The Kier molecular flexibility index (Phi) is 3.31. The van der Waals surface area contributed by atoms with Crippen molar-refractivity contribution >= 4 is 11.6 Å². The lowest BCUT2D eigenvalue weighted by Crippen LogP contribution is -1.97. The molecule has 0 radical (unpaired) electrons. The number of aromatic nitrogens is 3. The van der Waals surface area contributed by atoms with Gasteiger partial charge in [-0.15, -0.1) is 0 Å². The number of nitrogens with zero attached hydrogens (tertiary/aromatic N) is 2. The molecule has 1 aromatic rings. The van der Waals surface area contributed by atoms with Gasteiger partial charge in [0.1, 0.15) is 0 Å². The number of rotatable bonds is 0. The first-order chi connectivity index (χ1) is 6.29. The molecule has 13 heavy (non-hydrogen) atoms. The predicted molar refractivity (Wildman–Crippen MR) is 44.7 cm³/mol. The highest BCUT2D eigenvalue weighted by Crippen LogP contribution is 1.90. The van der Waals surface area contributed by atoms with Crippen LogP contribution in [0, 0.1) is 0 Å². The van der Waals surface area contributed by atoms with Crippen LogP contribution in [0.1, 0.15) is 0 Å². The lowest BCUT2D eigenvalue weighted by atomic mass is 10.2. The van der Waals surface area contributed by atoms with Gasteiger partial charge >= 0.3 is 0 Å². The van der Waals surface area contributed by atoms with Crippen molar-refractivity contribution in [2.45, 2.75) is 0 Å². The zero-order valence-corrected chi connectivity index (χ0v) is 6.68. The van der Waals surface area contributed by atoms with Crippen molar-refractivity contribution in [3.05, 3.63) is 36.7 Å². The maximum atomic E-state index is 10.3. The van der Waals surface area contributed by atoms with Gasteiger partial charge in [0.15, 0.2) is 11.6 Å². The molecular weight excluding hydrogens is 170 g/mol. The topological polar surface area (TPSA) is 75.7 Å². The van der Waals surface area contributed by atoms with E-state index in [0.717, 1.165) is 0 Å². The molecule has 1 heterocycles. The van der Waals surface area contributed by atoms with Crippen molar-refractivity contribution in [2.75, 3.05) is 0 Å². The van der Waals surface area contributed by atoms with E-state index in [1.165, 1.54) is 24.3 Å². The molecule has 0 saturated heterocycles. The van der Waals surface area contributed by atoms with Crippen molar-refractivity contribution in [1.29, 1.82) is 0 Å². The molecule has 5 heteroatoms. The number of carbonyl (C=O) groups excluding carboxylic acids is 2. The Morgan fingerprint density at radius 1 is 0.846 bits per heavy atom. The highest BCUT2D eigenvalue weighted by atomic mass is 16.1. The highest BCUT2D eigenvalue weighted by Gasteiger charge is 1.97. The minimum absolute atomic E-state index is 0.121. The first kappa shape index (κ1) is 9.05. The lowest BCUT2D eigenvalue weighted by molar-refractivity contribution is -0.113. The molecule has 1 aliphatic rings. The van der Waals surface area contributed by atoms with Gasteiger partial charge in [-0.05, 0) is 24.3 Å². The molecule has 0 bridgehead atoms. The zero-order chi connectivity index (χ0) is 9.52. The Morgan fingerprint density at radius 3 is 1.46 bits per heavy atom. The highest BCUT2D eigenvalue weighted by molar-refractivity contribution is 6.14. The fourth-order valence-electron chi connectivity index (χ4n) is 0.606. The molecule has 0 saturated carbocycles. The Labute approximate surface area is 74.2 Å². The van der Waals surface area contributed by atoms with E-state index in [1.54, 1.807) is 12.4 Å². The second kappa shape index (κ2) is 4.76. The number of nitrogens with one attached hydrogen (secondary N) is 1. The summed E-state index contributed by atoms with van der Waals surface area (Å²) in [6, 6.07) is 0. The SMILES string of the molecule is O=C1C=CC(=O)C=C1.c1cn[nH]n1. The summed E-state index contributed by atoms with van der Waals surface area (Å²) in [5, 5.41) is 9.33. The zero-order valence-electron chi connectivity index (χ0n) is 6.68. The number of carbonyl (C=O) groups is 2. The molecule has 5 nitrogen and oxygen atoms in total. The van der Waals surface area contributed by atoms with Crippen LogP contribution in [0.4, 0.5) is 0 Å². The molecule has 0 amide bonds. The molecule has 0 unspecified atom stereocenters. The third-order valence-corrected chi connectivity index (χ3v) is 1.15. The van der Waals surface area contributed by atoms with Crippen LogP contribution in [-0.4, -0.2) is 27.0 Å². The van der Waals surface area contributed by atoms with Gasteiger partial charge in [0, 0.05) is 0 Å². The maximum Gasteiger partial charge on any atom is 0.178 e. The standard InChI is InChI=1S/C6H4O2.C2H3N3/c7-5-1-2-6(8)4-3-5;1-2-4-5-3-1/h1-4H;1-2H,(H,3,4,5). The molecule has 66 valence electrons. The van der Waals surface area contributed by atoms with Crippen molar-refractivity contribution in [3.8, 4) is 0 Å². The van der Waals surface area contributed by atoms with Crippen LogP contribution in [-0.2, 0) is 9.59 Å². The number of allylic oxidation sites excluding steroid dienone is 4. The monoisotopic (exact) mass is 177 g/mol. The second-order valence-corrected chi connectivity index (χ2v) is 2.13. The maximum absolute atomic E-state index is 10.3. The second-order valence-electron chi connectivity index (χ2n) is 2.13. The van der Waals surface area contributed by atoms with E-state index in [0.29, 0.717) is 0 Å². The number of hydrogen-bond donors (Lipinski definition) is 1. The van der Waals surface area contributed by atoms with E-state index in [2.05, 4.69) is 15.4 Å². The fraction of sp³-hybridized carbons (Fsp3) is 0. The van der Waals surface area contributed by atoms with E-state index < -0.39 is 0 Å². The van der Waals surface area contributed by atoms with E-state index >= 15 is 0 Å². The summed E-state index contributed by atoms with van der Waals surface area (Å²) in [6.07, 6.45) is 8.18. The van der Waals surface area contributed by atoms with Gasteiger partial charge in [-0.1, -0.05) is 0 Å². The fourth-order valence-corrected chi connectivity index (χ4v) is 0.606. The van der Waals surface area contributed by atoms with Crippen molar-refractivity contribution < 1.29 is 9.59 Å². The van der Waals surface area contributed by atoms with E-state index in [-0.39, 0.29) is 11.6 Å². The van der Waals surface area contributed by atoms with Crippen LogP contribution in [0.15, 0.2) is 36.7 Å². The molecule has 1 N–H and O–H groups in total. The average molecular weight is 177 g/mol. The summed E-state index contributed by atoms with van der Waals surface area (Å²) in [4.78, 5) is 20.6. The van der Waals surface area contributed by atoms with E-state index in [1.807, 2.05) is 0 Å². The first-order valence-electron chi connectivity index (χ1n) is 3.53. The summed E-state index contributed by atoms with van der Waals surface area (Å²) in [7, 11) is 0. The van der Waals surface area contributed by atoms with Gasteiger partial charge in [0.05, 0.1) is 12.4 Å². The van der Waals surface area contributed by atoms with Crippen LogP contribution in [0.25, 0.3) is 0 Å². The third kappa shape index (κ3) is 3.76. The van der Waals surface area contributed by atoms with E-state index in [9.17, 15) is 9.59 Å². The first-order valence-corrected chi connectivity index (χ1v) is 3.53. The van der Waals surface area contributed by atoms with Crippen LogP contribution >= 0.6 is 0 Å². The smallest absolute Gasteiger partial charge is 0.178 e. The molecular formula is C8H7N3O2. The van der Waals surface area contributed by atoms with Crippen molar-refractivity contribution in [3.63, 3.8) is 0 Å². The van der Waals surface area contributed by atoms with Crippen LogP contribution in [0.5, 0.6) is 0 Å². The number of ketones is 2. The normalized spacial score (nSPS) is 13.8. The van der Waals surface area contributed by atoms with Gasteiger partial charge in [-0.25, -0.2) is 0 Å². The quantitative estimate of drug-likeness (QED) is 0.568. The van der Waals surface area contributed by atoms with Crippen LogP contribution < -0.4 is 0 Å². The summed E-state index contributed by atoms with van der Waals surface area (Å²) >= 11 is 0. The Hall–Kier alpha value is -2.04. The van der Waals surface area contributed by atoms with E-state index in [4.69, 9.17) is 0 Å². The van der Waals surface area contributed by atoms with Crippen molar-refractivity contribution in [2.24, 2.45) is 0 Å². The lowest BCUT2D eigenvalue weighted by Gasteiger charge is -1.87. The summed E-state index contributed by atoms with van der Waals surface area (Å²) in [6.45, 7) is 0. The molecule has 0 spiro atoms. The molecule has 0 aliphatic heterocycles. The third-order valence-electron chi connectivity index (χ3n) is 1.15. The minimum Gasteiger partial charge on any atom is -0.290 e. The van der Waals surface area contributed by atoms with Gasteiger partial charge in [0.25, 0.3) is 0 Å². The molecule has 0 atom stereocenters. The summed E-state index contributed by atoms with van der Waals surface area (Å²) in [5.41, 5.74) is 0. The minimum atomic E-state index is -0.121. The molecule has 1 aromatic heterocycles. The van der Waals surface area contributed by atoms with Gasteiger partial charge < -0.3 is 0 Å². The van der Waals surface area contributed by atoms with Gasteiger partial charge in [0.2, 0.25) is 0 Å². The van der Waals surface area contributed by atoms with Gasteiger partial charge in [-0.3, -0.25) is 9.59 Å². The molecule has 0 fully saturated rings. The molecule has 0 aromatic carbocycles. The van der Waals surface area contributed by atoms with Crippen molar-refractivity contribution in [1.82, 2.24) is 15.4 Å². The number of hydrogen-bond acceptors (Lipinski definition) is 4. The van der Waals surface area contributed by atoms with Gasteiger partial charge in [-0.2, -0.15) is 15.4 Å². The van der Waals surface area contributed by atoms with Crippen LogP contribution in [0.2, 0.25) is 0 Å². The number of aromatic amines is 1. The predicted octanol–water partition coefficient (Wildman–Crippen LogP) is 0.0553. The summed E-state index contributed by atoms with van der Waals surface area (Å²) < 4.78 is 0. The molecule has 2 rings (SSSR count). The average Bonchev–Trinajstić information content (AvgIpc) is 2.68. The Morgan fingerprint density at radius 2 is 1.23 bits per heavy atom.